The third-order valence-corrected chi connectivity index (χ3v) is 5.50. The number of pyridine rings is 1. The molecule has 0 bridgehead atoms. The lowest BCUT2D eigenvalue weighted by Gasteiger charge is -2.35. The quantitative estimate of drug-likeness (QED) is 0.667. The van der Waals surface area contributed by atoms with Crippen molar-refractivity contribution in [2.45, 2.75) is 98.4 Å². The van der Waals surface area contributed by atoms with Crippen LogP contribution in [0.5, 0.6) is 0 Å². The van der Waals surface area contributed by atoms with Crippen molar-refractivity contribution < 1.29 is 0 Å². The van der Waals surface area contributed by atoms with Gasteiger partial charge in [0.15, 0.2) is 0 Å². The lowest BCUT2D eigenvalue weighted by molar-refractivity contribution is 0.301. The molecule has 1 N–H and O–H groups in total. The van der Waals surface area contributed by atoms with Gasteiger partial charge in [-0.1, -0.05) is 40.0 Å². The highest BCUT2D eigenvalue weighted by Gasteiger charge is 2.30. The summed E-state index contributed by atoms with van der Waals surface area (Å²) in [6.07, 6.45) is 7.71. The van der Waals surface area contributed by atoms with Gasteiger partial charge in [0, 0.05) is 17.2 Å². The van der Waals surface area contributed by atoms with E-state index in [4.69, 9.17) is 4.98 Å². The van der Waals surface area contributed by atoms with Gasteiger partial charge in [-0.2, -0.15) is 0 Å². The SMILES string of the molecule is Cc1cc(C)n2c(NC(C)(C)CC(C)(C)C)c(C3CCCCC3)nc2c1. The maximum atomic E-state index is 5.14. The van der Waals surface area contributed by atoms with Crippen molar-refractivity contribution in [1.29, 1.82) is 0 Å². The van der Waals surface area contributed by atoms with E-state index in [0.717, 1.165) is 12.1 Å². The van der Waals surface area contributed by atoms with Gasteiger partial charge in [-0.3, -0.25) is 4.40 Å². The Morgan fingerprint density at radius 2 is 1.69 bits per heavy atom. The molecule has 0 atom stereocenters. The van der Waals surface area contributed by atoms with Gasteiger partial charge in [0.05, 0.1) is 5.69 Å². The molecule has 0 spiro atoms. The van der Waals surface area contributed by atoms with Gasteiger partial charge in [-0.15, -0.1) is 0 Å². The first-order valence-corrected chi connectivity index (χ1v) is 10.3. The average molecular weight is 356 g/mol. The Kier molecular flexibility index (Phi) is 5.11. The molecule has 2 aromatic rings. The summed E-state index contributed by atoms with van der Waals surface area (Å²) in [7, 11) is 0. The first-order valence-electron chi connectivity index (χ1n) is 10.3. The van der Waals surface area contributed by atoms with Crippen molar-refractivity contribution in [3.05, 3.63) is 29.1 Å². The summed E-state index contributed by atoms with van der Waals surface area (Å²) in [6.45, 7) is 16.0. The van der Waals surface area contributed by atoms with Crippen molar-refractivity contribution >= 4 is 11.5 Å². The van der Waals surface area contributed by atoms with Crippen LogP contribution in [0.25, 0.3) is 5.65 Å². The summed E-state index contributed by atoms with van der Waals surface area (Å²) >= 11 is 0. The highest BCUT2D eigenvalue weighted by molar-refractivity contribution is 5.59. The van der Waals surface area contributed by atoms with Gasteiger partial charge in [-0.05, 0) is 70.1 Å². The number of nitrogens with zero attached hydrogens (tertiary/aromatic N) is 2. The molecule has 3 rings (SSSR count). The zero-order valence-corrected chi connectivity index (χ0v) is 17.9. The van der Waals surface area contributed by atoms with Crippen LogP contribution in [0.2, 0.25) is 0 Å². The average Bonchev–Trinajstić information content (AvgIpc) is 2.83. The van der Waals surface area contributed by atoms with Crippen LogP contribution in [0.15, 0.2) is 12.1 Å². The molecule has 0 aliphatic heterocycles. The summed E-state index contributed by atoms with van der Waals surface area (Å²) < 4.78 is 2.35. The fourth-order valence-electron chi connectivity index (χ4n) is 5.02. The van der Waals surface area contributed by atoms with E-state index in [0.29, 0.717) is 5.92 Å². The topological polar surface area (TPSA) is 29.3 Å². The number of imidazole rings is 1. The summed E-state index contributed by atoms with van der Waals surface area (Å²) in [6, 6.07) is 4.49. The number of hydrogen-bond acceptors (Lipinski definition) is 2. The molecule has 26 heavy (non-hydrogen) atoms. The molecule has 3 heteroatoms. The normalized spacial score (nSPS) is 17.0. The largest absolute Gasteiger partial charge is 0.365 e. The van der Waals surface area contributed by atoms with Crippen LogP contribution >= 0.6 is 0 Å². The Balaban J connectivity index is 2.08. The van der Waals surface area contributed by atoms with Crippen LogP contribution in [-0.2, 0) is 0 Å². The van der Waals surface area contributed by atoms with Gasteiger partial charge in [0.2, 0.25) is 0 Å². The van der Waals surface area contributed by atoms with Gasteiger partial charge in [0.25, 0.3) is 0 Å². The number of anilines is 1. The third kappa shape index (κ3) is 4.24. The molecule has 1 fully saturated rings. The zero-order chi connectivity index (χ0) is 19.1. The minimum Gasteiger partial charge on any atom is -0.365 e. The van der Waals surface area contributed by atoms with Crippen LogP contribution in [0.4, 0.5) is 5.82 Å². The first kappa shape index (κ1) is 19.3. The first-order chi connectivity index (χ1) is 12.1. The summed E-state index contributed by atoms with van der Waals surface area (Å²) in [5.74, 6) is 1.83. The Morgan fingerprint density at radius 1 is 1.04 bits per heavy atom. The number of hydrogen-bond donors (Lipinski definition) is 1. The highest BCUT2D eigenvalue weighted by atomic mass is 15.2. The van der Waals surface area contributed by atoms with Crippen molar-refractivity contribution in [2.24, 2.45) is 5.41 Å². The molecule has 1 aliphatic rings. The molecule has 1 saturated carbocycles. The Labute approximate surface area is 159 Å². The Bertz CT molecular complexity index is 771. The third-order valence-electron chi connectivity index (χ3n) is 5.50. The van der Waals surface area contributed by atoms with E-state index < -0.39 is 0 Å². The smallest absolute Gasteiger partial charge is 0.139 e. The minimum atomic E-state index is 0.0228. The van der Waals surface area contributed by atoms with E-state index in [1.807, 2.05) is 0 Å². The fourth-order valence-corrected chi connectivity index (χ4v) is 5.02. The second-order valence-electron chi connectivity index (χ2n) is 10.3. The Hall–Kier alpha value is -1.51. The molecular formula is C23H37N3. The predicted octanol–water partition coefficient (Wildman–Crippen LogP) is 6.63. The monoisotopic (exact) mass is 355 g/mol. The molecule has 0 saturated heterocycles. The van der Waals surface area contributed by atoms with E-state index in [2.05, 4.69) is 70.3 Å². The highest BCUT2D eigenvalue weighted by Crippen LogP contribution is 2.39. The fraction of sp³-hybridized carbons (Fsp3) is 0.696. The second-order valence-corrected chi connectivity index (χ2v) is 10.3. The predicted molar refractivity (Wildman–Crippen MR) is 112 cm³/mol. The van der Waals surface area contributed by atoms with E-state index >= 15 is 0 Å². The van der Waals surface area contributed by atoms with Gasteiger partial charge in [0.1, 0.15) is 11.5 Å². The maximum absolute atomic E-state index is 5.14. The molecule has 2 aromatic heterocycles. The number of nitrogens with one attached hydrogen (secondary N) is 1. The van der Waals surface area contributed by atoms with Crippen molar-refractivity contribution in [1.82, 2.24) is 9.38 Å². The van der Waals surface area contributed by atoms with Crippen LogP contribution in [0, 0.1) is 19.3 Å². The molecule has 2 heterocycles. The van der Waals surface area contributed by atoms with Crippen LogP contribution in [-0.4, -0.2) is 14.9 Å². The lowest BCUT2D eigenvalue weighted by Crippen LogP contribution is -2.36. The molecule has 0 unspecified atom stereocenters. The van der Waals surface area contributed by atoms with E-state index in [9.17, 15) is 0 Å². The summed E-state index contributed by atoms with van der Waals surface area (Å²) in [5, 5.41) is 3.92. The minimum absolute atomic E-state index is 0.0228. The molecule has 0 radical (unpaired) electrons. The lowest BCUT2D eigenvalue weighted by atomic mass is 9.81. The molecule has 144 valence electrons. The van der Waals surface area contributed by atoms with E-state index in [1.54, 1.807) is 0 Å². The number of aryl methyl sites for hydroxylation is 2. The molecule has 0 amide bonds. The zero-order valence-electron chi connectivity index (χ0n) is 17.9. The van der Waals surface area contributed by atoms with Gasteiger partial charge >= 0.3 is 0 Å². The van der Waals surface area contributed by atoms with Crippen molar-refractivity contribution in [2.75, 3.05) is 5.32 Å². The molecular weight excluding hydrogens is 318 g/mol. The van der Waals surface area contributed by atoms with Gasteiger partial charge < -0.3 is 5.32 Å². The summed E-state index contributed by atoms with van der Waals surface area (Å²) in [5.41, 5.74) is 5.25. The van der Waals surface area contributed by atoms with Crippen molar-refractivity contribution in [3.8, 4) is 0 Å². The molecule has 3 nitrogen and oxygen atoms in total. The number of fused-ring (bicyclic) bond motifs is 1. The molecule has 1 aliphatic carbocycles. The molecule has 0 aromatic carbocycles. The van der Waals surface area contributed by atoms with Crippen molar-refractivity contribution in [3.63, 3.8) is 0 Å². The van der Waals surface area contributed by atoms with Crippen LogP contribution < -0.4 is 5.32 Å². The van der Waals surface area contributed by atoms with Crippen LogP contribution in [0.1, 0.15) is 96.0 Å². The van der Waals surface area contributed by atoms with E-state index in [1.165, 1.54) is 54.9 Å². The van der Waals surface area contributed by atoms with E-state index in [-0.39, 0.29) is 11.0 Å². The van der Waals surface area contributed by atoms with Crippen LogP contribution in [0.3, 0.4) is 0 Å². The van der Waals surface area contributed by atoms with Gasteiger partial charge in [-0.25, -0.2) is 4.98 Å². The standard InChI is InChI=1S/C23H37N3/c1-16-13-17(2)26-19(14-16)24-20(18-11-9-8-10-12-18)21(26)25-23(6,7)15-22(3,4)5/h13-14,18,25H,8-12,15H2,1-7H3. The number of aromatic nitrogens is 2. The Morgan fingerprint density at radius 3 is 2.31 bits per heavy atom. The summed E-state index contributed by atoms with van der Waals surface area (Å²) in [4.78, 5) is 5.14. The second kappa shape index (κ2) is 6.90. The number of rotatable bonds is 4. The maximum Gasteiger partial charge on any atom is 0.139 e.